The fraction of sp³-hybridized carbons (Fsp3) is 0.458. The van der Waals surface area contributed by atoms with Gasteiger partial charge in [-0.25, -0.2) is 4.39 Å². The quantitative estimate of drug-likeness (QED) is 0.572. The zero-order valence-electron chi connectivity index (χ0n) is 18.2. The van der Waals surface area contributed by atoms with Gasteiger partial charge in [-0.2, -0.15) is 0 Å². The van der Waals surface area contributed by atoms with Gasteiger partial charge in [0, 0.05) is 30.7 Å². The summed E-state index contributed by atoms with van der Waals surface area (Å²) in [6.07, 6.45) is 4.20. The van der Waals surface area contributed by atoms with Gasteiger partial charge in [0.05, 0.1) is 7.11 Å². The number of hydrogen-bond acceptors (Lipinski definition) is 5. The van der Waals surface area contributed by atoms with Crippen molar-refractivity contribution in [1.29, 1.82) is 0 Å². The third-order valence-electron chi connectivity index (χ3n) is 5.53. The van der Waals surface area contributed by atoms with E-state index in [9.17, 15) is 9.18 Å². The summed E-state index contributed by atoms with van der Waals surface area (Å²) in [5.74, 6) is 0.469. The lowest BCUT2D eigenvalue weighted by Gasteiger charge is -2.21. The highest BCUT2D eigenvalue weighted by atomic mass is 19.1. The summed E-state index contributed by atoms with van der Waals surface area (Å²) in [6, 6.07) is 13.5. The smallest absolute Gasteiger partial charge is 0.165 e. The number of carbonyl (C=O) groups is 1. The molecule has 5 nitrogen and oxygen atoms in total. The fourth-order valence-corrected chi connectivity index (χ4v) is 3.82. The molecule has 4 N–H and O–H groups in total. The SMILES string of the molecule is CNCCN.COc1cc(C(C)NC2CCC(c3ccc(C=O)cc3)C2)ccc1F. The van der Waals surface area contributed by atoms with Gasteiger partial charge in [0.2, 0.25) is 0 Å². The minimum atomic E-state index is -0.335. The van der Waals surface area contributed by atoms with E-state index in [4.69, 9.17) is 10.5 Å². The van der Waals surface area contributed by atoms with E-state index < -0.39 is 0 Å². The Labute approximate surface area is 179 Å². The maximum absolute atomic E-state index is 13.6. The lowest BCUT2D eigenvalue weighted by Crippen LogP contribution is -2.29. The zero-order valence-corrected chi connectivity index (χ0v) is 18.2. The Morgan fingerprint density at radius 3 is 2.53 bits per heavy atom. The Kier molecular flexibility index (Phi) is 9.94. The van der Waals surface area contributed by atoms with E-state index in [1.165, 1.54) is 18.7 Å². The first-order valence-electron chi connectivity index (χ1n) is 10.5. The number of aldehydes is 1. The molecule has 0 aliphatic heterocycles. The monoisotopic (exact) mass is 415 g/mol. The van der Waals surface area contributed by atoms with Crippen molar-refractivity contribution in [2.24, 2.45) is 5.73 Å². The van der Waals surface area contributed by atoms with Crippen molar-refractivity contribution in [3.8, 4) is 5.75 Å². The van der Waals surface area contributed by atoms with Gasteiger partial charge in [-0.3, -0.25) is 4.79 Å². The molecule has 2 aromatic rings. The van der Waals surface area contributed by atoms with Crippen LogP contribution in [0.5, 0.6) is 5.75 Å². The predicted molar refractivity (Wildman–Crippen MR) is 120 cm³/mol. The topological polar surface area (TPSA) is 76.4 Å². The molecule has 3 rings (SSSR count). The molecule has 0 heterocycles. The van der Waals surface area contributed by atoms with Crippen molar-refractivity contribution >= 4 is 6.29 Å². The largest absolute Gasteiger partial charge is 0.494 e. The van der Waals surface area contributed by atoms with Crippen LogP contribution in [0.25, 0.3) is 0 Å². The molecule has 30 heavy (non-hydrogen) atoms. The van der Waals surface area contributed by atoms with E-state index >= 15 is 0 Å². The van der Waals surface area contributed by atoms with Crippen LogP contribution in [0.15, 0.2) is 42.5 Å². The Bertz CT molecular complexity index is 781. The van der Waals surface area contributed by atoms with Crippen LogP contribution < -0.4 is 21.1 Å². The van der Waals surface area contributed by atoms with Gasteiger partial charge in [0.15, 0.2) is 11.6 Å². The van der Waals surface area contributed by atoms with Gasteiger partial charge in [0.25, 0.3) is 0 Å². The average molecular weight is 416 g/mol. The van der Waals surface area contributed by atoms with E-state index in [-0.39, 0.29) is 17.6 Å². The highest BCUT2D eigenvalue weighted by molar-refractivity contribution is 5.74. The number of nitrogens with two attached hydrogens (primary N) is 1. The van der Waals surface area contributed by atoms with Crippen LogP contribution in [0.1, 0.15) is 59.6 Å². The summed E-state index contributed by atoms with van der Waals surface area (Å²) in [4.78, 5) is 10.8. The minimum Gasteiger partial charge on any atom is -0.494 e. The number of carbonyl (C=O) groups excluding carboxylic acids is 1. The van der Waals surface area contributed by atoms with Crippen LogP contribution in [0.3, 0.4) is 0 Å². The van der Waals surface area contributed by atoms with Crippen LogP contribution in [-0.4, -0.2) is 39.6 Å². The number of hydrogen-bond donors (Lipinski definition) is 3. The molecule has 0 saturated heterocycles. The maximum atomic E-state index is 13.6. The Morgan fingerprint density at radius 1 is 1.23 bits per heavy atom. The second-order valence-corrected chi connectivity index (χ2v) is 7.67. The van der Waals surface area contributed by atoms with Gasteiger partial charge in [0.1, 0.15) is 6.29 Å². The lowest BCUT2D eigenvalue weighted by atomic mass is 9.96. The molecule has 0 aromatic heterocycles. The molecule has 0 spiro atoms. The first kappa shape index (κ1) is 24.0. The predicted octanol–water partition coefficient (Wildman–Crippen LogP) is 3.80. The Morgan fingerprint density at radius 2 is 1.97 bits per heavy atom. The number of rotatable bonds is 8. The third kappa shape index (κ3) is 6.90. The van der Waals surface area contributed by atoms with Crippen molar-refractivity contribution in [2.75, 3.05) is 27.2 Å². The van der Waals surface area contributed by atoms with Crippen molar-refractivity contribution in [3.05, 3.63) is 65.0 Å². The van der Waals surface area contributed by atoms with Crippen molar-refractivity contribution in [1.82, 2.24) is 10.6 Å². The molecule has 3 unspecified atom stereocenters. The van der Waals surface area contributed by atoms with Crippen LogP contribution >= 0.6 is 0 Å². The van der Waals surface area contributed by atoms with E-state index in [1.807, 2.05) is 19.2 Å². The fourth-order valence-electron chi connectivity index (χ4n) is 3.82. The second-order valence-electron chi connectivity index (χ2n) is 7.67. The van der Waals surface area contributed by atoms with E-state index in [0.29, 0.717) is 12.0 Å². The van der Waals surface area contributed by atoms with E-state index in [1.54, 1.807) is 12.1 Å². The van der Waals surface area contributed by atoms with Gasteiger partial charge in [-0.1, -0.05) is 30.3 Å². The van der Waals surface area contributed by atoms with Gasteiger partial charge >= 0.3 is 0 Å². The first-order chi connectivity index (χ1) is 14.5. The molecule has 6 heteroatoms. The number of ether oxygens (including phenoxy) is 1. The second kappa shape index (κ2) is 12.4. The zero-order chi connectivity index (χ0) is 21.9. The number of nitrogens with one attached hydrogen (secondary N) is 2. The van der Waals surface area contributed by atoms with Crippen LogP contribution in [0.2, 0.25) is 0 Å². The van der Waals surface area contributed by atoms with Crippen LogP contribution in [0.4, 0.5) is 4.39 Å². The van der Waals surface area contributed by atoms with Crippen LogP contribution in [-0.2, 0) is 0 Å². The lowest BCUT2D eigenvalue weighted by molar-refractivity contribution is 0.112. The average Bonchev–Trinajstić information content (AvgIpc) is 3.23. The molecule has 0 bridgehead atoms. The highest BCUT2D eigenvalue weighted by Crippen LogP contribution is 2.35. The molecular formula is C24H34FN3O2. The summed E-state index contributed by atoms with van der Waals surface area (Å²) in [6.45, 7) is 3.75. The highest BCUT2D eigenvalue weighted by Gasteiger charge is 2.27. The number of halogens is 1. The minimum absolute atomic E-state index is 0.135. The molecule has 1 fully saturated rings. The summed E-state index contributed by atoms with van der Waals surface area (Å²) in [5.41, 5.74) is 8.12. The van der Waals surface area contributed by atoms with Crippen molar-refractivity contribution < 1.29 is 13.9 Å². The summed E-state index contributed by atoms with van der Waals surface area (Å²) in [5, 5.41) is 6.55. The van der Waals surface area contributed by atoms with Crippen molar-refractivity contribution in [2.45, 2.75) is 44.2 Å². The van der Waals surface area contributed by atoms with Gasteiger partial charge in [-0.15, -0.1) is 0 Å². The van der Waals surface area contributed by atoms with Crippen LogP contribution in [0, 0.1) is 5.82 Å². The van der Waals surface area contributed by atoms with Gasteiger partial charge < -0.3 is 21.1 Å². The van der Waals surface area contributed by atoms with Crippen molar-refractivity contribution in [3.63, 3.8) is 0 Å². The normalized spacial score (nSPS) is 19.0. The molecule has 3 atom stereocenters. The Hall–Kier alpha value is -2.28. The van der Waals surface area contributed by atoms with E-state index in [2.05, 4.69) is 29.7 Å². The molecule has 2 aromatic carbocycles. The first-order valence-corrected chi connectivity index (χ1v) is 10.5. The molecule has 1 aliphatic carbocycles. The molecule has 1 aliphatic rings. The molecule has 164 valence electrons. The van der Waals surface area contributed by atoms with Gasteiger partial charge in [-0.05, 0) is 62.4 Å². The third-order valence-corrected chi connectivity index (χ3v) is 5.53. The maximum Gasteiger partial charge on any atom is 0.165 e. The summed E-state index contributed by atoms with van der Waals surface area (Å²) < 4.78 is 18.6. The standard InChI is InChI=1S/C21H24FNO2.C3H10N2/c1-14(17-8-10-20(22)21(12-17)25-2)23-19-9-7-18(11-19)16-5-3-15(13-24)4-6-16;1-5-3-2-4/h3-6,8,10,12-14,18-19,23H,7,9,11H2,1-2H3;5H,2-4H2,1H3. The molecule has 0 amide bonds. The number of methoxy groups -OCH3 is 1. The summed E-state index contributed by atoms with van der Waals surface area (Å²) >= 11 is 0. The molecular weight excluding hydrogens is 381 g/mol. The molecule has 1 saturated carbocycles. The Balaban J connectivity index is 0.000000575. The number of benzene rings is 2. The van der Waals surface area contributed by atoms with E-state index in [0.717, 1.165) is 49.8 Å². The summed E-state index contributed by atoms with van der Waals surface area (Å²) in [7, 11) is 3.37. The molecule has 0 radical (unpaired) electrons. The number of likely N-dealkylation sites (N-methyl/N-ethyl adjacent to an activating group) is 1.